The molecule has 0 bridgehead atoms. The molecule has 0 atom stereocenters. The zero-order valence-corrected chi connectivity index (χ0v) is 19.5. The highest BCUT2D eigenvalue weighted by Gasteiger charge is 2.15. The van der Waals surface area contributed by atoms with E-state index < -0.39 is 0 Å². The van der Waals surface area contributed by atoms with Gasteiger partial charge in [0, 0.05) is 39.1 Å². The highest BCUT2D eigenvalue weighted by atomic mass is 16.5. The summed E-state index contributed by atoms with van der Waals surface area (Å²) in [7, 11) is 0. The molecule has 7 heteroatoms. The topological polar surface area (TPSA) is 75.2 Å². The Balaban J connectivity index is 1.80. The van der Waals surface area contributed by atoms with Crippen LogP contribution >= 0.6 is 0 Å². The fourth-order valence-electron chi connectivity index (χ4n) is 3.65. The molecule has 1 fully saturated rings. The van der Waals surface area contributed by atoms with Crippen molar-refractivity contribution in [2.75, 3.05) is 45.9 Å². The lowest BCUT2D eigenvalue weighted by Crippen LogP contribution is -2.38. The molecule has 2 N–H and O–H groups in total. The lowest BCUT2D eigenvalue weighted by Gasteiger charge is -2.20. The summed E-state index contributed by atoms with van der Waals surface area (Å²) in [4.78, 5) is 18.8. The van der Waals surface area contributed by atoms with Crippen molar-refractivity contribution in [1.29, 1.82) is 0 Å². The minimum Gasteiger partial charge on any atom is -0.490 e. The van der Waals surface area contributed by atoms with Crippen LogP contribution in [0.4, 0.5) is 0 Å². The molecule has 1 heterocycles. The van der Waals surface area contributed by atoms with E-state index in [-0.39, 0.29) is 0 Å². The third-order valence-corrected chi connectivity index (χ3v) is 5.19. The smallest absolute Gasteiger partial charge is 0.222 e. The normalized spacial score (nSPS) is 14.9. The number of nitrogens with zero attached hydrogens (tertiary/aromatic N) is 2. The summed E-state index contributed by atoms with van der Waals surface area (Å²) in [6, 6.07) is 6.11. The average Bonchev–Trinajstić information content (AvgIpc) is 2.97. The first kappa shape index (κ1) is 24.8. The van der Waals surface area contributed by atoms with Gasteiger partial charge in [0.05, 0.1) is 13.2 Å². The molecule has 0 aliphatic carbocycles. The molecule has 1 aromatic carbocycles. The van der Waals surface area contributed by atoms with Crippen molar-refractivity contribution in [3.63, 3.8) is 0 Å². The summed E-state index contributed by atoms with van der Waals surface area (Å²) in [6.07, 6.45) is 5.76. The van der Waals surface area contributed by atoms with Gasteiger partial charge in [0.1, 0.15) is 0 Å². The predicted molar refractivity (Wildman–Crippen MR) is 126 cm³/mol. The highest BCUT2D eigenvalue weighted by Crippen LogP contribution is 2.28. The number of benzene rings is 1. The van der Waals surface area contributed by atoms with E-state index >= 15 is 0 Å². The summed E-state index contributed by atoms with van der Waals surface area (Å²) < 4.78 is 11.4. The molecule has 1 saturated heterocycles. The van der Waals surface area contributed by atoms with Crippen LogP contribution in [0, 0.1) is 0 Å². The van der Waals surface area contributed by atoms with E-state index in [0.717, 1.165) is 75.7 Å². The maximum atomic E-state index is 12.1. The first-order chi connectivity index (χ1) is 15.2. The van der Waals surface area contributed by atoms with Gasteiger partial charge >= 0.3 is 0 Å². The molecule has 1 aromatic rings. The van der Waals surface area contributed by atoms with E-state index in [0.29, 0.717) is 32.1 Å². The minimum absolute atomic E-state index is 0.299. The summed E-state index contributed by atoms with van der Waals surface area (Å²) in [5.41, 5.74) is 1.19. The molecule has 1 amide bonds. The lowest BCUT2D eigenvalue weighted by atomic mass is 10.1. The van der Waals surface area contributed by atoms with Gasteiger partial charge in [-0.2, -0.15) is 0 Å². The molecular weight excluding hydrogens is 392 g/mol. The standard InChI is InChI=1S/C24H40N4O3/c1-4-25-24(26-15-10-18-28-17-9-7-8-11-23(28)29)27-16-14-20-12-13-21(30-5-2)22(19-20)31-6-3/h12-13,19H,4-11,14-18H2,1-3H3,(H2,25,26,27). The third kappa shape index (κ3) is 9.07. The van der Waals surface area contributed by atoms with Crippen molar-refractivity contribution in [2.24, 2.45) is 4.99 Å². The predicted octanol–water partition coefficient (Wildman–Crippen LogP) is 3.37. The molecule has 0 aromatic heterocycles. The number of carbonyl (C=O) groups is 1. The first-order valence-electron chi connectivity index (χ1n) is 11.9. The molecular formula is C24H40N4O3. The highest BCUT2D eigenvalue weighted by molar-refractivity contribution is 5.79. The van der Waals surface area contributed by atoms with Gasteiger partial charge in [-0.1, -0.05) is 12.5 Å². The molecule has 174 valence electrons. The largest absolute Gasteiger partial charge is 0.490 e. The van der Waals surface area contributed by atoms with Crippen LogP contribution < -0.4 is 20.1 Å². The summed E-state index contributed by atoms with van der Waals surface area (Å²) in [5.74, 6) is 2.71. The maximum absolute atomic E-state index is 12.1. The molecule has 31 heavy (non-hydrogen) atoms. The van der Waals surface area contributed by atoms with E-state index in [4.69, 9.17) is 9.47 Å². The molecule has 1 aliphatic heterocycles. The second-order valence-corrected chi connectivity index (χ2v) is 7.63. The van der Waals surface area contributed by atoms with Crippen LogP contribution in [0.25, 0.3) is 0 Å². The number of aliphatic imine (C=N–C) groups is 1. The zero-order valence-electron chi connectivity index (χ0n) is 19.5. The third-order valence-electron chi connectivity index (χ3n) is 5.19. The monoisotopic (exact) mass is 432 g/mol. The van der Waals surface area contributed by atoms with Crippen LogP contribution in [0.3, 0.4) is 0 Å². The van der Waals surface area contributed by atoms with Crippen molar-refractivity contribution >= 4 is 11.9 Å². The first-order valence-corrected chi connectivity index (χ1v) is 11.9. The van der Waals surface area contributed by atoms with Gasteiger partial charge in [-0.25, -0.2) is 0 Å². The van der Waals surface area contributed by atoms with Gasteiger partial charge in [0.15, 0.2) is 17.5 Å². The number of carbonyl (C=O) groups excluding carboxylic acids is 1. The Morgan fingerprint density at radius 2 is 1.87 bits per heavy atom. The summed E-state index contributed by atoms with van der Waals surface area (Å²) >= 11 is 0. The van der Waals surface area contributed by atoms with Crippen LogP contribution in [0.1, 0.15) is 58.4 Å². The van der Waals surface area contributed by atoms with Crippen molar-refractivity contribution in [2.45, 2.75) is 59.3 Å². The minimum atomic E-state index is 0.299. The Labute approximate surface area is 187 Å². The van der Waals surface area contributed by atoms with E-state index in [2.05, 4.69) is 34.7 Å². The number of hydrogen-bond donors (Lipinski definition) is 2. The number of hydrogen-bond acceptors (Lipinski definition) is 4. The molecule has 0 unspecified atom stereocenters. The van der Waals surface area contributed by atoms with Gasteiger partial charge in [-0.15, -0.1) is 0 Å². The molecule has 1 aliphatic rings. The van der Waals surface area contributed by atoms with E-state index in [1.807, 2.05) is 24.8 Å². The van der Waals surface area contributed by atoms with Crippen LogP contribution in [0.15, 0.2) is 23.2 Å². The van der Waals surface area contributed by atoms with Crippen LogP contribution in [0.2, 0.25) is 0 Å². The molecule has 2 rings (SSSR count). The molecule has 0 spiro atoms. The van der Waals surface area contributed by atoms with Crippen molar-refractivity contribution in [3.05, 3.63) is 23.8 Å². The van der Waals surface area contributed by atoms with Gasteiger partial charge in [-0.05, 0) is 64.2 Å². The SMILES string of the molecule is CCNC(=NCCCN1CCCCCC1=O)NCCc1ccc(OCC)c(OCC)c1. The second-order valence-electron chi connectivity index (χ2n) is 7.63. The van der Waals surface area contributed by atoms with Crippen LogP contribution in [0.5, 0.6) is 11.5 Å². The van der Waals surface area contributed by atoms with Crippen molar-refractivity contribution < 1.29 is 14.3 Å². The summed E-state index contributed by atoms with van der Waals surface area (Å²) in [5, 5.41) is 6.70. The van der Waals surface area contributed by atoms with Gasteiger partial charge in [0.2, 0.25) is 5.91 Å². The zero-order chi connectivity index (χ0) is 22.3. The molecule has 0 radical (unpaired) electrons. The number of ether oxygens (including phenoxy) is 2. The van der Waals surface area contributed by atoms with Gasteiger partial charge in [-0.3, -0.25) is 9.79 Å². The number of rotatable bonds is 12. The Bertz CT molecular complexity index is 693. The van der Waals surface area contributed by atoms with Crippen molar-refractivity contribution in [3.8, 4) is 11.5 Å². The fourth-order valence-corrected chi connectivity index (χ4v) is 3.65. The molecule has 0 saturated carbocycles. The summed E-state index contributed by atoms with van der Waals surface area (Å²) in [6.45, 7) is 11.2. The lowest BCUT2D eigenvalue weighted by molar-refractivity contribution is -0.130. The second kappa shape index (κ2) is 14.5. The van der Waals surface area contributed by atoms with E-state index in [1.165, 1.54) is 5.56 Å². The molecule has 7 nitrogen and oxygen atoms in total. The number of nitrogens with one attached hydrogen (secondary N) is 2. The van der Waals surface area contributed by atoms with Crippen LogP contribution in [-0.2, 0) is 11.2 Å². The Kier molecular flexibility index (Phi) is 11.6. The van der Waals surface area contributed by atoms with Gasteiger partial charge < -0.3 is 25.0 Å². The Hall–Kier alpha value is -2.44. The van der Waals surface area contributed by atoms with Gasteiger partial charge in [0.25, 0.3) is 0 Å². The number of amides is 1. The van der Waals surface area contributed by atoms with Crippen molar-refractivity contribution in [1.82, 2.24) is 15.5 Å². The van der Waals surface area contributed by atoms with E-state index in [1.54, 1.807) is 0 Å². The van der Waals surface area contributed by atoms with Crippen LogP contribution in [-0.4, -0.2) is 62.7 Å². The van der Waals surface area contributed by atoms with E-state index in [9.17, 15) is 4.79 Å². The number of guanidine groups is 1. The fraction of sp³-hybridized carbons (Fsp3) is 0.667. The maximum Gasteiger partial charge on any atom is 0.222 e. The Morgan fingerprint density at radius 3 is 2.65 bits per heavy atom. The Morgan fingerprint density at radius 1 is 1.06 bits per heavy atom. The number of likely N-dealkylation sites (tertiary alicyclic amines) is 1. The quantitative estimate of drug-likeness (QED) is 0.301. The average molecular weight is 433 g/mol.